The minimum Gasteiger partial charge on any atom is -0.453 e. The van der Waals surface area contributed by atoms with Crippen LogP contribution in [0.15, 0.2) is 46.7 Å². The van der Waals surface area contributed by atoms with E-state index in [2.05, 4.69) is 72.2 Å². The van der Waals surface area contributed by atoms with Crippen molar-refractivity contribution in [1.82, 2.24) is 35.7 Å². The van der Waals surface area contributed by atoms with Gasteiger partial charge < -0.3 is 40.2 Å². The van der Waals surface area contributed by atoms with Crippen LogP contribution in [0, 0.1) is 23.7 Å². The van der Waals surface area contributed by atoms with E-state index >= 15 is 0 Å². The number of hydrogen-bond donors (Lipinski definition) is 4. The van der Waals surface area contributed by atoms with Gasteiger partial charge in [-0.2, -0.15) is 0 Å². The molecule has 2 fully saturated rings. The van der Waals surface area contributed by atoms with Gasteiger partial charge in [0.2, 0.25) is 11.8 Å². The molecule has 1 aromatic heterocycles. The molecule has 13 nitrogen and oxygen atoms in total. The van der Waals surface area contributed by atoms with Gasteiger partial charge in [-0.3, -0.25) is 9.59 Å². The number of nitrogens with one attached hydrogen (secondary N) is 4. The third-order valence-electron chi connectivity index (χ3n) is 10.1. The smallest absolute Gasteiger partial charge is 0.407 e. The van der Waals surface area contributed by atoms with Crippen LogP contribution in [0.25, 0.3) is 16.5 Å². The number of ether oxygens (including phenoxy) is 2. The topological polar surface area (TPSA) is 158 Å². The van der Waals surface area contributed by atoms with Crippen LogP contribution in [-0.4, -0.2) is 92.8 Å². The summed E-state index contributed by atoms with van der Waals surface area (Å²) in [5, 5.41) is 11.2. The summed E-state index contributed by atoms with van der Waals surface area (Å²) < 4.78 is 13.0. The van der Waals surface area contributed by atoms with Crippen molar-refractivity contribution in [3.63, 3.8) is 0 Å². The first-order valence-electron chi connectivity index (χ1n) is 18.4. The maximum atomic E-state index is 13.6. The lowest BCUT2D eigenvalue weighted by Gasteiger charge is -2.31. The second-order valence-electron chi connectivity index (χ2n) is 14.4. The zero-order chi connectivity index (χ0) is 38.5. The van der Waals surface area contributed by atoms with E-state index in [4.69, 9.17) is 9.47 Å². The van der Waals surface area contributed by atoms with Gasteiger partial charge in [-0.1, -0.05) is 72.5 Å². The van der Waals surface area contributed by atoms with E-state index in [1.54, 1.807) is 11.1 Å². The van der Waals surface area contributed by atoms with E-state index in [-0.39, 0.29) is 35.7 Å². The SMILES string of the molecule is COC(=O)N[C@H](C(=O)N1CCC[C@H]1C1=IC=C(c2ccc3cc(C#Cc4cnc([C@@H]5CCCN5C(=O)[C@@H](NC(=O)OC)C(C)C)[nH]4)ccc3c2)N1)C(C)C. The first-order chi connectivity index (χ1) is 26.0. The molecule has 286 valence electrons. The molecular weight excluding hydrogens is 801 g/mol. The number of aromatic nitrogens is 2. The highest BCUT2D eigenvalue weighted by Gasteiger charge is 2.39. The fraction of sp³-hybridized carbons (Fsp3) is 0.450. The first kappa shape index (κ1) is 38.8. The Bertz CT molecular complexity index is 2050. The second-order valence-corrected chi connectivity index (χ2v) is 16.8. The van der Waals surface area contributed by atoms with Crippen molar-refractivity contribution in [2.24, 2.45) is 11.8 Å². The van der Waals surface area contributed by atoms with E-state index in [0.717, 1.165) is 53.3 Å². The number of aromatic amines is 1. The Kier molecular flexibility index (Phi) is 12.3. The Hall–Kier alpha value is -4.91. The van der Waals surface area contributed by atoms with Gasteiger partial charge in [-0.05, 0) is 82.1 Å². The molecule has 4 amide bonds. The van der Waals surface area contributed by atoms with Crippen LogP contribution in [0.1, 0.15) is 82.1 Å². The molecule has 2 aromatic carbocycles. The van der Waals surface area contributed by atoms with E-state index in [0.29, 0.717) is 24.6 Å². The number of rotatable bonds is 9. The molecule has 0 radical (unpaired) electrons. The molecule has 0 spiro atoms. The number of carbonyl (C=O) groups is 4. The van der Waals surface area contributed by atoms with Gasteiger partial charge in [0, 0.05) is 18.7 Å². The number of carbonyl (C=O) groups excluding carboxylic acids is 4. The van der Waals surface area contributed by atoms with Gasteiger partial charge in [0.15, 0.2) is 0 Å². The maximum Gasteiger partial charge on any atom is 0.407 e. The molecule has 4 atom stereocenters. The number of H-pyrrole nitrogens is 1. The summed E-state index contributed by atoms with van der Waals surface area (Å²) in [7, 11) is 2.59. The van der Waals surface area contributed by atoms with E-state index in [1.165, 1.54) is 17.9 Å². The van der Waals surface area contributed by atoms with Crippen molar-refractivity contribution in [3.8, 4) is 11.8 Å². The normalized spacial score (nSPS) is 19.3. The molecule has 14 heteroatoms. The van der Waals surface area contributed by atoms with Gasteiger partial charge in [0.1, 0.15) is 23.6 Å². The van der Waals surface area contributed by atoms with Gasteiger partial charge >= 0.3 is 12.2 Å². The van der Waals surface area contributed by atoms with Crippen molar-refractivity contribution >= 4 is 64.8 Å². The highest BCUT2D eigenvalue weighted by atomic mass is 127. The summed E-state index contributed by atoms with van der Waals surface area (Å²) in [4.78, 5) is 62.5. The number of nitrogens with zero attached hydrogens (tertiary/aromatic N) is 3. The second kappa shape index (κ2) is 17.0. The number of amides is 4. The number of alkyl carbamates (subject to hydrolysis) is 2. The molecule has 6 rings (SSSR count). The number of methoxy groups -OCH3 is 2. The fourth-order valence-corrected chi connectivity index (χ4v) is 9.82. The van der Waals surface area contributed by atoms with E-state index in [9.17, 15) is 19.2 Å². The molecule has 3 aliphatic heterocycles. The Morgan fingerprint density at radius 3 is 2.06 bits per heavy atom. The predicted molar refractivity (Wildman–Crippen MR) is 215 cm³/mol. The van der Waals surface area contributed by atoms with Crippen molar-refractivity contribution < 1.29 is 28.7 Å². The maximum absolute atomic E-state index is 13.6. The summed E-state index contributed by atoms with van der Waals surface area (Å²) in [6, 6.07) is 11.0. The summed E-state index contributed by atoms with van der Waals surface area (Å²) >= 11 is -0.434. The van der Waals surface area contributed by atoms with Crippen LogP contribution in [-0.2, 0) is 19.1 Å². The van der Waals surface area contributed by atoms with Crippen molar-refractivity contribution in [2.75, 3.05) is 27.3 Å². The molecule has 0 unspecified atom stereocenters. The van der Waals surface area contributed by atoms with Crippen LogP contribution in [0.4, 0.5) is 9.59 Å². The first-order valence-corrected chi connectivity index (χ1v) is 20.7. The minimum atomic E-state index is -0.693. The quantitative estimate of drug-likeness (QED) is 0.165. The zero-order valence-corrected chi connectivity index (χ0v) is 33.7. The summed E-state index contributed by atoms with van der Waals surface area (Å²) in [6.45, 7) is 8.89. The molecular formula is C40H48IN7O6. The van der Waals surface area contributed by atoms with Gasteiger partial charge in [0.05, 0.1) is 41.8 Å². The third-order valence-corrected chi connectivity index (χ3v) is 12.7. The number of hydrogen-bond acceptors (Lipinski definition) is 8. The number of likely N-dealkylation sites (tertiary alicyclic amines) is 2. The Balaban J connectivity index is 1.09. The summed E-state index contributed by atoms with van der Waals surface area (Å²) in [5.41, 5.74) is 3.67. The Morgan fingerprint density at radius 1 is 0.833 bits per heavy atom. The monoisotopic (exact) mass is 849 g/mol. The van der Waals surface area contributed by atoms with E-state index in [1.807, 2.05) is 38.7 Å². The lowest BCUT2D eigenvalue weighted by atomic mass is 10.0. The average molecular weight is 850 g/mol. The van der Waals surface area contributed by atoms with Crippen LogP contribution in [0.3, 0.4) is 0 Å². The molecule has 3 aromatic rings. The molecule has 3 aliphatic rings. The third kappa shape index (κ3) is 8.56. The zero-order valence-electron chi connectivity index (χ0n) is 31.5. The number of fused-ring (bicyclic) bond motifs is 1. The molecule has 4 heterocycles. The Morgan fingerprint density at radius 2 is 1.43 bits per heavy atom. The highest BCUT2D eigenvalue weighted by molar-refractivity contribution is 14.2. The molecule has 0 saturated carbocycles. The largest absolute Gasteiger partial charge is 0.453 e. The number of halogens is 1. The Labute approximate surface area is 325 Å². The fourth-order valence-electron chi connectivity index (χ4n) is 7.15. The average Bonchev–Trinajstić information content (AvgIpc) is 4.00. The lowest BCUT2D eigenvalue weighted by molar-refractivity contribution is -0.135. The highest BCUT2D eigenvalue weighted by Crippen LogP contribution is 2.33. The van der Waals surface area contributed by atoms with Crippen LogP contribution in [0.5, 0.6) is 0 Å². The number of imidazole rings is 1. The predicted octanol–water partition coefficient (Wildman–Crippen LogP) is 5.38. The van der Waals surface area contributed by atoms with Crippen molar-refractivity contribution in [2.45, 2.75) is 77.5 Å². The van der Waals surface area contributed by atoms with Crippen molar-refractivity contribution in [3.05, 3.63) is 69.3 Å². The molecule has 2 saturated heterocycles. The van der Waals surface area contributed by atoms with Gasteiger partial charge in [0.25, 0.3) is 0 Å². The standard InChI is InChI=1S/C40H48IN7O6/c1-23(2)33(45-39(51)53-5)37(49)47-17-7-9-31(47)35-41-21-30(44-35)28-15-14-26-19-25(11-13-27(26)20-28)12-16-29-22-42-36(43-29)32-10-8-18-48(32)38(50)34(24(3)4)46-40(52)54-6/h11,13-15,19-24,31-34,44H,7-10,17-18H2,1-6H3,(H,42,43)(H,45,51)(H,46,52)/t31-,32-,33-,34-/m0/s1. The van der Waals surface area contributed by atoms with E-state index < -0.39 is 45.0 Å². The lowest BCUT2D eigenvalue weighted by Crippen LogP contribution is -2.54. The summed E-state index contributed by atoms with van der Waals surface area (Å²) in [5.74, 6) is 6.73. The van der Waals surface area contributed by atoms with Gasteiger partial charge in [-0.15, -0.1) is 0 Å². The van der Waals surface area contributed by atoms with Crippen molar-refractivity contribution in [1.29, 1.82) is 0 Å². The van der Waals surface area contributed by atoms with Crippen LogP contribution >= 0.6 is 20.7 Å². The molecule has 54 heavy (non-hydrogen) atoms. The molecule has 0 aliphatic carbocycles. The number of benzene rings is 2. The molecule has 0 bridgehead atoms. The summed E-state index contributed by atoms with van der Waals surface area (Å²) in [6.07, 6.45) is 3.89. The molecule has 4 N–H and O–H groups in total. The van der Waals surface area contributed by atoms with Crippen LogP contribution in [0.2, 0.25) is 0 Å². The minimum absolute atomic E-state index is 0.000512. The van der Waals surface area contributed by atoms with Crippen LogP contribution < -0.4 is 16.0 Å². The van der Waals surface area contributed by atoms with Gasteiger partial charge in [-0.25, -0.2) is 14.6 Å².